The van der Waals surface area contributed by atoms with Gasteiger partial charge in [0, 0.05) is 25.8 Å². The maximum Gasteiger partial charge on any atom is 0.410 e. The van der Waals surface area contributed by atoms with E-state index in [4.69, 9.17) is 4.74 Å². The van der Waals surface area contributed by atoms with Crippen molar-refractivity contribution in [2.75, 3.05) is 19.6 Å². The Morgan fingerprint density at radius 2 is 2.32 bits per heavy atom. The second kappa shape index (κ2) is 7.54. The highest BCUT2D eigenvalue weighted by Crippen LogP contribution is 2.21. The number of aromatic nitrogens is 2. The van der Waals surface area contributed by atoms with Crippen LogP contribution in [0.15, 0.2) is 18.6 Å². The Hall–Kier alpha value is -1.69. The molecule has 1 N–H and O–H groups in total. The molecule has 122 valence electrons. The van der Waals surface area contributed by atoms with Gasteiger partial charge in [0.05, 0.1) is 5.69 Å². The Morgan fingerprint density at radius 1 is 1.50 bits per heavy atom. The largest absolute Gasteiger partial charge is 0.444 e. The first-order valence-corrected chi connectivity index (χ1v) is 7.87. The lowest BCUT2D eigenvalue weighted by molar-refractivity contribution is 0.0287. The van der Waals surface area contributed by atoms with E-state index < -0.39 is 5.60 Å². The van der Waals surface area contributed by atoms with Gasteiger partial charge in [-0.2, -0.15) is 0 Å². The fraction of sp³-hybridized carbons (Fsp3) is 0.688. The Bertz CT molecular complexity index is 473. The highest BCUT2D eigenvalue weighted by Gasteiger charge is 2.29. The van der Waals surface area contributed by atoms with Gasteiger partial charge < -0.3 is 15.0 Å². The Kier molecular flexibility index (Phi) is 5.71. The van der Waals surface area contributed by atoms with Gasteiger partial charge in [-0.25, -0.2) is 14.8 Å². The molecule has 0 aliphatic carbocycles. The lowest BCUT2D eigenvalue weighted by Gasteiger charge is -2.24. The van der Waals surface area contributed by atoms with Crippen molar-refractivity contribution in [2.45, 2.75) is 45.8 Å². The third kappa shape index (κ3) is 5.60. The van der Waals surface area contributed by atoms with Gasteiger partial charge in [0.2, 0.25) is 0 Å². The van der Waals surface area contributed by atoms with Crippen LogP contribution in [0.3, 0.4) is 0 Å². The molecule has 6 nitrogen and oxygen atoms in total. The molecule has 1 atom stereocenters. The van der Waals surface area contributed by atoms with Crippen LogP contribution in [0.25, 0.3) is 0 Å². The zero-order valence-corrected chi connectivity index (χ0v) is 13.7. The maximum atomic E-state index is 12.0. The van der Waals surface area contributed by atoms with Crippen LogP contribution in [0.1, 0.15) is 39.3 Å². The molecular formula is C16H26N4O2. The van der Waals surface area contributed by atoms with Crippen LogP contribution in [0.2, 0.25) is 0 Å². The molecule has 6 heteroatoms. The number of nitrogens with one attached hydrogen (secondary N) is 1. The van der Waals surface area contributed by atoms with Gasteiger partial charge in [-0.15, -0.1) is 0 Å². The summed E-state index contributed by atoms with van der Waals surface area (Å²) in [6.45, 7) is 8.97. The van der Waals surface area contributed by atoms with Crippen LogP contribution < -0.4 is 5.32 Å². The number of amides is 1. The molecule has 2 rings (SSSR count). The van der Waals surface area contributed by atoms with E-state index >= 15 is 0 Å². The number of ether oxygens (including phenoxy) is 1. The summed E-state index contributed by atoms with van der Waals surface area (Å²) in [5.41, 5.74) is 0.575. The van der Waals surface area contributed by atoms with E-state index in [2.05, 4.69) is 15.3 Å². The van der Waals surface area contributed by atoms with E-state index in [1.54, 1.807) is 12.5 Å². The Balaban J connectivity index is 1.63. The van der Waals surface area contributed by atoms with Crippen molar-refractivity contribution in [2.24, 2.45) is 5.92 Å². The van der Waals surface area contributed by atoms with Crippen LogP contribution in [0.5, 0.6) is 0 Å². The van der Waals surface area contributed by atoms with Crippen molar-refractivity contribution in [3.8, 4) is 0 Å². The molecule has 0 bridgehead atoms. The van der Waals surface area contributed by atoms with E-state index in [0.29, 0.717) is 5.92 Å². The molecule has 1 aromatic heterocycles. The Labute approximate surface area is 132 Å². The summed E-state index contributed by atoms with van der Waals surface area (Å²) in [6, 6.07) is 1.91. The van der Waals surface area contributed by atoms with Gasteiger partial charge in [0.15, 0.2) is 0 Å². The first-order valence-electron chi connectivity index (χ1n) is 7.87. The van der Waals surface area contributed by atoms with Crippen molar-refractivity contribution in [1.82, 2.24) is 20.2 Å². The first kappa shape index (κ1) is 16.7. The fourth-order valence-electron chi connectivity index (χ4n) is 2.51. The average molecular weight is 306 g/mol. The predicted molar refractivity (Wildman–Crippen MR) is 84.3 cm³/mol. The van der Waals surface area contributed by atoms with Crippen LogP contribution in [0, 0.1) is 5.92 Å². The quantitative estimate of drug-likeness (QED) is 0.845. The van der Waals surface area contributed by atoms with Gasteiger partial charge in [-0.1, -0.05) is 0 Å². The number of nitrogens with zero attached hydrogens (tertiary/aromatic N) is 3. The molecule has 1 saturated heterocycles. The normalized spacial score (nSPS) is 18.5. The van der Waals surface area contributed by atoms with Crippen LogP contribution in [-0.2, 0) is 11.3 Å². The zero-order chi connectivity index (χ0) is 16.0. The molecule has 0 spiro atoms. The van der Waals surface area contributed by atoms with Gasteiger partial charge >= 0.3 is 6.09 Å². The predicted octanol–water partition coefficient (Wildman–Crippen LogP) is 2.21. The summed E-state index contributed by atoms with van der Waals surface area (Å²) >= 11 is 0. The van der Waals surface area contributed by atoms with E-state index in [1.807, 2.05) is 31.7 Å². The maximum absolute atomic E-state index is 12.0. The van der Waals surface area contributed by atoms with Crippen molar-refractivity contribution in [1.29, 1.82) is 0 Å². The van der Waals surface area contributed by atoms with E-state index in [1.165, 1.54) is 0 Å². The molecule has 1 aromatic rings. The monoisotopic (exact) mass is 306 g/mol. The van der Waals surface area contributed by atoms with Gasteiger partial charge in [-0.05, 0) is 52.1 Å². The highest BCUT2D eigenvalue weighted by atomic mass is 16.6. The number of hydrogen-bond acceptors (Lipinski definition) is 5. The highest BCUT2D eigenvalue weighted by molar-refractivity contribution is 5.68. The summed E-state index contributed by atoms with van der Waals surface area (Å²) in [7, 11) is 0. The van der Waals surface area contributed by atoms with Crippen molar-refractivity contribution in [3.05, 3.63) is 24.3 Å². The number of carbonyl (C=O) groups excluding carboxylic acids is 1. The molecule has 1 fully saturated rings. The number of likely N-dealkylation sites (tertiary alicyclic amines) is 1. The lowest BCUT2D eigenvalue weighted by Crippen LogP contribution is -2.35. The minimum Gasteiger partial charge on any atom is -0.444 e. The van der Waals surface area contributed by atoms with Crippen molar-refractivity contribution in [3.63, 3.8) is 0 Å². The molecule has 1 unspecified atom stereocenters. The SMILES string of the molecule is CC(C)(C)OC(=O)N1CCC(CCNCc2ccncn2)C1. The van der Waals surface area contributed by atoms with Crippen molar-refractivity contribution >= 4 is 6.09 Å². The summed E-state index contributed by atoms with van der Waals surface area (Å²) in [5, 5.41) is 3.39. The minimum absolute atomic E-state index is 0.191. The molecular weight excluding hydrogens is 280 g/mol. The fourth-order valence-corrected chi connectivity index (χ4v) is 2.51. The molecule has 0 saturated carbocycles. The van der Waals surface area contributed by atoms with Crippen LogP contribution in [-0.4, -0.2) is 46.2 Å². The molecule has 1 aliphatic rings. The summed E-state index contributed by atoms with van der Waals surface area (Å²) in [4.78, 5) is 21.9. The Morgan fingerprint density at radius 3 is 3.00 bits per heavy atom. The molecule has 1 amide bonds. The van der Waals surface area contributed by atoms with Crippen LogP contribution >= 0.6 is 0 Å². The first-order chi connectivity index (χ1) is 10.4. The summed E-state index contributed by atoms with van der Waals surface area (Å²) in [6.07, 6.45) is 5.23. The number of hydrogen-bond donors (Lipinski definition) is 1. The van der Waals surface area contributed by atoms with E-state index in [0.717, 1.165) is 44.7 Å². The summed E-state index contributed by atoms with van der Waals surface area (Å²) in [5.74, 6) is 0.547. The minimum atomic E-state index is -0.422. The third-order valence-electron chi connectivity index (χ3n) is 3.62. The molecule has 0 radical (unpaired) electrons. The third-order valence-corrected chi connectivity index (χ3v) is 3.62. The molecule has 22 heavy (non-hydrogen) atoms. The molecule has 1 aliphatic heterocycles. The second-order valence-electron chi connectivity index (χ2n) is 6.75. The number of carbonyl (C=O) groups is 1. The van der Waals surface area contributed by atoms with E-state index in [-0.39, 0.29) is 6.09 Å². The second-order valence-corrected chi connectivity index (χ2v) is 6.75. The molecule has 2 heterocycles. The topological polar surface area (TPSA) is 67.3 Å². The lowest BCUT2D eigenvalue weighted by atomic mass is 10.1. The molecule has 0 aromatic carbocycles. The summed E-state index contributed by atoms with van der Waals surface area (Å²) < 4.78 is 5.41. The standard InChI is InChI=1S/C16H26N4O2/c1-16(2,3)22-15(21)20-9-6-13(11-20)4-7-17-10-14-5-8-18-12-19-14/h5,8,12-13,17H,4,6-7,9-11H2,1-3H3. The van der Waals surface area contributed by atoms with Gasteiger partial charge in [0.25, 0.3) is 0 Å². The van der Waals surface area contributed by atoms with Gasteiger partial charge in [0.1, 0.15) is 11.9 Å². The average Bonchev–Trinajstić information content (AvgIpc) is 2.92. The van der Waals surface area contributed by atoms with Crippen molar-refractivity contribution < 1.29 is 9.53 Å². The van der Waals surface area contributed by atoms with Crippen LogP contribution in [0.4, 0.5) is 4.79 Å². The zero-order valence-electron chi connectivity index (χ0n) is 13.7. The van der Waals surface area contributed by atoms with Gasteiger partial charge in [-0.3, -0.25) is 0 Å². The van der Waals surface area contributed by atoms with E-state index in [9.17, 15) is 4.79 Å². The number of rotatable bonds is 5. The smallest absolute Gasteiger partial charge is 0.410 e.